The van der Waals surface area contributed by atoms with E-state index in [2.05, 4.69) is 20.9 Å². The molecule has 2 rings (SSSR count). The predicted molar refractivity (Wildman–Crippen MR) is 73.9 cm³/mol. The van der Waals surface area contributed by atoms with Gasteiger partial charge in [-0.3, -0.25) is 9.78 Å². The van der Waals surface area contributed by atoms with Crippen LogP contribution in [0.25, 0.3) is 0 Å². The molecule has 2 aromatic heterocycles. The Hall–Kier alpha value is -0.710. The number of carbonyl (C=O) groups excluding carboxylic acids is 1. The summed E-state index contributed by atoms with van der Waals surface area (Å²) in [6.45, 7) is 0. The maximum Gasteiger partial charge on any atom is 0.173 e. The van der Waals surface area contributed by atoms with Crippen molar-refractivity contribution in [2.75, 3.05) is 0 Å². The second-order valence-electron chi connectivity index (χ2n) is 3.54. The third-order valence-electron chi connectivity index (χ3n) is 2.25. The van der Waals surface area contributed by atoms with E-state index >= 15 is 0 Å². The average Bonchev–Trinajstić information content (AvgIpc) is 2.73. The van der Waals surface area contributed by atoms with Gasteiger partial charge in [-0.1, -0.05) is 11.6 Å². The summed E-state index contributed by atoms with van der Waals surface area (Å²) in [5.74, 6) is 0.127. The molecule has 0 aliphatic carbocycles. The van der Waals surface area contributed by atoms with Crippen LogP contribution >= 0.6 is 38.9 Å². The quantitative estimate of drug-likeness (QED) is 0.779. The molecule has 0 unspecified atom stereocenters. The molecule has 2 aromatic rings. The van der Waals surface area contributed by atoms with Gasteiger partial charge in [-0.15, -0.1) is 11.3 Å². The van der Waals surface area contributed by atoms with Crippen molar-refractivity contribution in [3.8, 4) is 0 Å². The molecule has 0 aliphatic heterocycles. The van der Waals surface area contributed by atoms with Crippen LogP contribution in [0.2, 0.25) is 4.34 Å². The molecular weight excluding hydrogens is 322 g/mol. The molecule has 88 valence electrons. The Morgan fingerprint density at radius 2 is 2.24 bits per heavy atom. The van der Waals surface area contributed by atoms with Gasteiger partial charge < -0.3 is 0 Å². The van der Waals surface area contributed by atoms with Crippen LogP contribution in [0.5, 0.6) is 0 Å². The Labute approximate surface area is 117 Å². The van der Waals surface area contributed by atoms with Crippen LogP contribution in [-0.2, 0) is 6.42 Å². The number of Topliss-reactive ketones (excluding diaryl/α,β-unsaturated/α-hetero) is 1. The van der Waals surface area contributed by atoms with Crippen LogP contribution in [0.4, 0.5) is 0 Å². The van der Waals surface area contributed by atoms with Crippen LogP contribution in [0.1, 0.15) is 21.7 Å². The number of ketones is 1. The molecule has 0 radical (unpaired) electrons. The molecule has 0 N–H and O–H groups in total. The molecule has 2 heterocycles. The normalized spacial score (nSPS) is 10.5. The first-order valence-corrected chi connectivity index (χ1v) is 7.02. The van der Waals surface area contributed by atoms with Crippen molar-refractivity contribution in [3.63, 3.8) is 0 Å². The second kappa shape index (κ2) is 5.76. The Bertz CT molecular complexity index is 541. The van der Waals surface area contributed by atoms with Gasteiger partial charge in [-0.05, 0) is 46.1 Å². The molecule has 5 heteroatoms. The summed E-state index contributed by atoms with van der Waals surface area (Å²) in [6, 6.07) is 5.50. The van der Waals surface area contributed by atoms with Gasteiger partial charge in [-0.2, -0.15) is 0 Å². The van der Waals surface area contributed by atoms with Crippen molar-refractivity contribution in [3.05, 3.63) is 49.8 Å². The maximum atomic E-state index is 11.8. The van der Waals surface area contributed by atoms with Gasteiger partial charge in [-0.25, -0.2) is 0 Å². The van der Waals surface area contributed by atoms with Crippen molar-refractivity contribution >= 4 is 44.7 Å². The number of aryl methyl sites for hydroxylation is 1. The van der Waals surface area contributed by atoms with E-state index in [1.807, 2.05) is 6.07 Å². The number of aromatic nitrogens is 1. The number of thiophene rings is 1. The maximum absolute atomic E-state index is 11.8. The number of carbonyl (C=O) groups is 1. The first-order chi connectivity index (χ1) is 8.15. The molecule has 17 heavy (non-hydrogen) atoms. The van der Waals surface area contributed by atoms with E-state index in [4.69, 9.17) is 11.6 Å². The second-order valence-corrected chi connectivity index (χ2v) is 6.17. The Morgan fingerprint density at radius 1 is 1.41 bits per heavy atom. The Morgan fingerprint density at radius 3 is 2.88 bits per heavy atom. The number of halogens is 2. The van der Waals surface area contributed by atoms with E-state index < -0.39 is 0 Å². The van der Waals surface area contributed by atoms with Crippen molar-refractivity contribution in [2.24, 2.45) is 0 Å². The molecule has 0 fully saturated rings. The fraction of sp³-hybridized carbons (Fsp3) is 0.167. The molecule has 0 spiro atoms. The highest BCUT2D eigenvalue weighted by atomic mass is 79.9. The van der Waals surface area contributed by atoms with Crippen LogP contribution in [0, 0.1) is 0 Å². The first kappa shape index (κ1) is 12.7. The fourth-order valence-corrected chi connectivity index (χ4v) is 2.86. The number of pyridine rings is 1. The Balaban J connectivity index is 1.97. The molecule has 0 bridgehead atoms. The van der Waals surface area contributed by atoms with Crippen molar-refractivity contribution in [1.82, 2.24) is 4.98 Å². The van der Waals surface area contributed by atoms with Gasteiger partial charge in [0.1, 0.15) is 0 Å². The predicted octanol–water partition coefficient (Wildman–Crippen LogP) is 4.37. The highest BCUT2D eigenvalue weighted by Crippen LogP contribution is 2.23. The minimum Gasteiger partial charge on any atom is -0.293 e. The number of nitrogens with zero attached hydrogens (tertiary/aromatic N) is 1. The third-order valence-corrected chi connectivity index (χ3v) is 3.96. The van der Waals surface area contributed by atoms with Crippen molar-refractivity contribution < 1.29 is 4.79 Å². The zero-order valence-electron chi connectivity index (χ0n) is 8.82. The van der Waals surface area contributed by atoms with E-state index in [1.54, 1.807) is 24.5 Å². The summed E-state index contributed by atoms with van der Waals surface area (Å²) in [6.07, 6.45) is 4.68. The van der Waals surface area contributed by atoms with E-state index in [1.165, 1.54) is 11.3 Å². The molecule has 0 amide bonds. The van der Waals surface area contributed by atoms with Gasteiger partial charge in [0.25, 0.3) is 0 Å². The van der Waals surface area contributed by atoms with E-state index in [0.29, 0.717) is 17.2 Å². The van der Waals surface area contributed by atoms with Crippen molar-refractivity contribution in [2.45, 2.75) is 12.8 Å². The SMILES string of the molecule is O=C(CCc1cncc(Br)c1)c1ccc(Cl)s1. The summed E-state index contributed by atoms with van der Waals surface area (Å²) < 4.78 is 1.58. The zero-order chi connectivity index (χ0) is 12.3. The smallest absolute Gasteiger partial charge is 0.173 e. The lowest BCUT2D eigenvalue weighted by Crippen LogP contribution is -1.98. The van der Waals surface area contributed by atoms with Gasteiger partial charge in [0.2, 0.25) is 0 Å². The number of hydrogen-bond donors (Lipinski definition) is 0. The summed E-state index contributed by atoms with van der Waals surface area (Å²) in [5.41, 5.74) is 1.05. The minimum atomic E-state index is 0.127. The minimum absolute atomic E-state index is 0.127. The first-order valence-electron chi connectivity index (χ1n) is 5.03. The van der Waals surface area contributed by atoms with Crippen LogP contribution in [-0.4, -0.2) is 10.8 Å². The molecular formula is C12H9BrClNOS. The summed E-state index contributed by atoms with van der Waals surface area (Å²) in [5, 5.41) is 0. The van der Waals surface area contributed by atoms with Crippen LogP contribution < -0.4 is 0 Å². The summed E-state index contributed by atoms with van der Waals surface area (Å²) in [4.78, 5) is 16.6. The molecule has 0 saturated carbocycles. The molecule has 0 aromatic carbocycles. The van der Waals surface area contributed by atoms with Crippen LogP contribution in [0.3, 0.4) is 0 Å². The lowest BCUT2D eigenvalue weighted by atomic mass is 10.1. The van der Waals surface area contributed by atoms with E-state index in [9.17, 15) is 4.79 Å². The molecule has 2 nitrogen and oxygen atoms in total. The van der Waals surface area contributed by atoms with Gasteiger partial charge in [0.15, 0.2) is 5.78 Å². The largest absolute Gasteiger partial charge is 0.293 e. The molecule has 0 atom stereocenters. The molecule has 0 aliphatic rings. The monoisotopic (exact) mass is 329 g/mol. The number of rotatable bonds is 4. The fourth-order valence-electron chi connectivity index (χ4n) is 1.44. The topological polar surface area (TPSA) is 30.0 Å². The standard InChI is InChI=1S/C12H9BrClNOS/c13-9-5-8(6-15-7-9)1-2-10(16)11-3-4-12(14)17-11/h3-7H,1-2H2. The lowest BCUT2D eigenvalue weighted by Gasteiger charge is -2.00. The third kappa shape index (κ3) is 3.63. The zero-order valence-corrected chi connectivity index (χ0v) is 12.0. The highest BCUT2D eigenvalue weighted by molar-refractivity contribution is 9.10. The van der Waals surface area contributed by atoms with Gasteiger partial charge in [0, 0.05) is 23.3 Å². The van der Waals surface area contributed by atoms with Crippen LogP contribution in [0.15, 0.2) is 35.1 Å². The average molecular weight is 331 g/mol. The van der Waals surface area contributed by atoms with Crippen molar-refractivity contribution in [1.29, 1.82) is 0 Å². The highest BCUT2D eigenvalue weighted by Gasteiger charge is 2.09. The van der Waals surface area contributed by atoms with E-state index in [0.717, 1.165) is 14.9 Å². The van der Waals surface area contributed by atoms with Gasteiger partial charge in [0.05, 0.1) is 9.21 Å². The number of hydrogen-bond acceptors (Lipinski definition) is 3. The summed E-state index contributed by atoms with van der Waals surface area (Å²) >= 11 is 10.5. The van der Waals surface area contributed by atoms with Gasteiger partial charge >= 0.3 is 0 Å². The lowest BCUT2D eigenvalue weighted by molar-refractivity contribution is 0.0986. The van der Waals surface area contributed by atoms with E-state index in [-0.39, 0.29) is 5.78 Å². The Kier molecular flexibility index (Phi) is 4.31. The summed E-state index contributed by atoms with van der Waals surface area (Å²) in [7, 11) is 0. The molecule has 0 saturated heterocycles.